The van der Waals surface area contributed by atoms with Crippen LogP contribution in [0.2, 0.25) is 0 Å². The summed E-state index contributed by atoms with van der Waals surface area (Å²) in [6.07, 6.45) is 4.79. The summed E-state index contributed by atoms with van der Waals surface area (Å²) in [7, 11) is 0. The fourth-order valence-corrected chi connectivity index (χ4v) is 5.49. The van der Waals surface area contributed by atoms with E-state index in [1.54, 1.807) is 0 Å². The van der Waals surface area contributed by atoms with E-state index >= 15 is 0 Å². The molecule has 0 aromatic heterocycles. The second kappa shape index (κ2) is 6.86. The zero-order valence-corrected chi connectivity index (χ0v) is 17.4. The lowest BCUT2D eigenvalue weighted by molar-refractivity contribution is 0.139. The standard InChI is InChI=1S/C20H42N4/c1-17(2)11-15(12-18(3,4)23-17)21-9-10-22-16-13-19(5,6)24-20(7,8)14-16/h15-16,21-24H,9-14H2,1-8H3. The first-order chi connectivity index (χ1) is 10.8. The van der Waals surface area contributed by atoms with Crippen LogP contribution in [0.25, 0.3) is 0 Å². The van der Waals surface area contributed by atoms with Crippen molar-refractivity contribution in [1.29, 1.82) is 0 Å². The van der Waals surface area contributed by atoms with Crippen molar-refractivity contribution in [2.24, 2.45) is 0 Å². The second-order valence-corrected chi connectivity index (χ2v) is 10.9. The molecule has 0 aromatic rings. The van der Waals surface area contributed by atoms with E-state index in [0.717, 1.165) is 13.1 Å². The van der Waals surface area contributed by atoms with Crippen LogP contribution < -0.4 is 21.3 Å². The average molecular weight is 339 g/mol. The first kappa shape index (κ1) is 20.2. The lowest BCUT2D eigenvalue weighted by Crippen LogP contribution is -2.63. The van der Waals surface area contributed by atoms with Crippen LogP contribution in [0.4, 0.5) is 0 Å². The molecule has 0 saturated carbocycles. The van der Waals surface area contributed by atoms with Gasteiger partial charge in [0.2, 0.25) is 0 Å². The molecule has 0 unspecified atom stereocenters. The van der Waals surface area contributed by atoms with Gasteiger partial charge in [0, 0.05) is 47.3 Å². The Kier molecular flexibility index (Phi) is 5.76. The molecule has 2 aliphatic rings. The second-order valence-electron chi connectivity index (χ2n) is 10.9. The van der Waals surface area contributed by atoms with Crippen molar-refractivity contribution in [1.82, 2.24) is 21.3 Å². The highest BCUT2D eigenvalue weighted by molar-refractivity contribution is 5.01. The zero-order chi connectivity index (χ0) is 18.2. The molecule has 0 aromatic carbocycles. The predicted octanol–water partition coefficient (Wildman–Crippen LogP) is 2.78. The van der Waals surface area contributed by atoms with Gasteiger partial charge < -0.3 is 21.3 Å². The van der Waals surface area contributed by atoms with E-state index < -0.39 is 0 Å². The molecule has 4 N–H and O–H groups in total. The molecule has 142 valence electrons. The predicted molar refractivity (Wildman–Crippen MR) is 105 cm³/mol. The molecule has 0 bridgehead atoms. The molecule has 0 aliphatic carbocycles. The third-order valence-electron chi connectivity index (χ3n) is 5.37. The number of hydrogen-bond acceptors (Lipinski definition) is 4. The molecule has 0 atom stereocenters. The van der Waals surface area contributed by atoms with Crippen molar-refractivity contribution in [3.8, 4) is 0 Å². The van der Waals surface area contributed by atoms with Gasteiger partial charge in [-0.25, -0.2) is 0 Å². The molecular formula is C20H42N4. The van der Waals surface area contributed by atoms with Crippen LogP contribution in [0.15, 0.2) is 0 Å². The molecule has 2 saturated heterocycles. The van der Waals surface area contributed by atoms with Crippen molar-refractivity contribution in [3.63, 3.8) is 0 Å². The molecule has 2 fully saturated rings. The van der Waals surface area contributed by atoms with E-state index in [1.165, 1.54) is 25.7 Å². The van der Waals surface area contributed by atoms with E-state index in [9.17, 15) is 0 Å². The van der Waals surface area contributed by atoms with Crippen molar-refractivity contribution in [2.45, 2.75) is 115 Å². The number of nitrogens with one attached hydrogen (secondary N) is 4. The number of rotatable bonds is 5. The van der Waals surface area contributed by atoms with Crippen LogP contribution in [-0.4, -0.2) is 47.3 Å². The summed E-state index contributed by atoms with van der Waals surface area (Å²) in [4.78, 5) is 0. The van der Waals surface area contributed by atoms with Gasteiger partial charge in [0.1, 0.15) is 0 Å². The highest BCUT2D eigenvalue weighted by Crippen LogP contribution is 2.29. The van der Waals surface area contributed by atoms with Gasteiger partial charge in [-0.1, -0.05) is 0 Å². The molecule has 4 nitrogen and oxygen atoms in total. The molecular weight excluding hydrogens is 296 g/mol. The fourth-order valence-electron chi connectivity index (χ4n) is 5.49. The molecule has 0 spiro atoms. The summed E-state index contributed by atoms with van der Waals surface area (Å²) >= 11 is 0. The zero-order valence-electron chi connectivity index (χ0n) is 17.4. The van der Waals surface area contributed by atoms with E-state index in [-0.39, 0.29) is 22.2 Å². The molecule has 2 aliphatic heterocycles. The largest absolute Gasteiger partial charge is 0.313 e. The summed E-state index contributed by atoms with van der Waals surface area (Å²) in [6.45, 7) is 20.7. The SMILES string of the molecule is CC1(C)CC(NCCNC2CC(C)(C)NC(C)(C)C2)CC(C)(C)N1. The fraction of sp³-hybridized carbons (Fsp3) is 1.00. The van der Waals surface area contributed by atoms with Crippen LogP contribution >= 0.6 is 0 Å². The van der Waals surface area contributed by atoms with Crippen molar-refractivity contribution in [3.05, 3.63) is 0 Å². The quantitative estimate of drug-likeness (QED) is 0.582. The number of hydrogen-bond donors (Lipinski definition) is 4. The van der Waals surface area contributed by atoms with Gasteiger partial charge in [-0.05, 0) is 81.1 Å². The third kappa shape index (κ3) is 6.29. The minimum atomic E-state index is 0.218. The van der Waals surface area contributed by atoms with Crippen LogP contribution in [0.1, 0.15) is 81.1 Å². The Labute approximate surface area is 150 Å². The maximum Gasteiger partial charge on any atom is 0.0144 e. The summed E-state index contributed by atoms with van der Waals surface area (Å²) in [5.74, 6) is 0. The van der Waals surface area contributed by atoms with E-state index in [1.807, 2.05) is 0 Å². The lowest BCUT2D eigenvalue weighted by Gasteiger charge is -2.47. The van der Waals surface area contributed by atoms with Gasteiger partial charge in [-0.2, -0.15) is 0 Å². The van der Waals surface area contributed by atoms with Crippen molar-refractivity contribution < 1.29 is 0 Å². The van der Waals surface area contributed by atoms with E-state index in [2.05, 4.69) is 76.7 Å². The maximum atomic E-state index is 3.80. The van der Waals surface area contributed by atoms with Gasteiger partial charge in [0.15, 0.2) is 0 Å². The summed E-state index contributed by atoms with van der Waals surface area (Å²) in [5.41, 5.74) is 0.873. The summed E-state index contributed by atoms with van der Waals surface area (Å²) in [6, 6.07) is 1.22. The Morgan fingerprint density at radius 1 is 0.583 bits per heavy atom. The lowest BCUT2D eigenvalue weighted by atomic mass is 9.79. The Balaban J connectivity index is 1.75. The Morgan fingerprint density at radius 2 is 0.833 bits per heavy atom. The van der Waals surface area contributed by atoms with Gasteiger partial charge in [-0.15, -0.1) is 0 Å². The highest BCUT2D eigenvalue weighted by atomic mass is 15.1. The monoisotopic (exact) mass is 338 g/mol. The van der Waals surface area contributed by atoms with Crippen LogP contribution in [0, 0.1) is 0 Å². The van der Waals surface area contributed by atoms with Gasteiger partial charge in [-0.3, -0.25) is 0 Å². The number of piperidine rings is 2. The smallest absolute Gasteiger partial charge is 0.0144 e. The molecule has 2 heterocycles. The highest BCUT2D eigenvalue weighted by Gasteiger charge is 2.38. The molecule has 0 radical (unpaired) electrons. The first-order valence-corrected chi connectivity index (χ1v) is 9.83. The van der Waals surface area contributed by atoms with Crippen molar-refractivity contribution in [2.75, 3.05) is 13.1 Å². The minimum Gasteiger partial charge on any atom is -0.313 e. The minimum absolute atomic E-state index is 0.218. The Morgan fingerprint density at radius 3 is 1.08 bits per heavy atom. The van der Waals surface area contributed by atoms with Crippen LogP contribution in [0.5, 0.6) is 0 Å². The Hall–Kier alpha value is -0.160. The third-order valence-corrected chi connectivity index (χ3v) is 5.37. The van der Waals surface area contributed by atoms with Gasteiger partial charge >= 0.3 is 0 Å². The summed E-state index contributed by atoms with van der Waals surface area (Å²) < 4.78 is 0. The van der Waals surface area contributed by atoms with E-state index in [4.69, 9.17) is 0 Å². The molecule has 2 rings (SSSR count). The molecule has 0 amide bonds. The van der Waals surface area contributed by atoms with E-state index in [0.29, 0.717) is 12.1 Å². The molecule has 24 heavy (non-hydrogen) atoms. The van der Waals surface area contributed by atoms with Crippen LogP contribution in [-0.2, 0) is 0 Å². The Bertz CT molecular complexity index is 353. The topological polar surface area (TPSA) is 48.1 Å². The normalized spacial score (nSPS) is 29.5. The first-order valence-electron chi connectivity index (χ1n) is 9.83. The van der Waals surface area contributed by atoms with Gasteiger partial charge in [0.05, 0.1) is 0 Å². The van der Waals surface area contributed by atoms with Crippen molar-refractivity contribution >= 4 is 0 Å². The van der Waals surface area contributed by atoms with Crippen LogP contribution in [0.3, 0.4) is 0 Å². The average Bonchev–Trinajstić information content (AvgIpc) is 2.26. The molecule has 4 heteroatoms. The maximum absolute atomic E-state index is 3.80. The van der Waals surface area contributed by atoms with Gasteiger partial charge in [0.25, 0.3) is 0 Å². The summed E-state index contributed by atoms with van der Waals surface area (Å²) in [5, 5.41) is 15.1.